The number of urea groups is 1. The minimum atomic E-state index is -1.20. The zero-order valence-electron chi connectivity index (χ0n) is 11.5. The molecule has 1 heterocycles. The molecule has 1 aliphatic rings. The minimum Gasteiger partial charge on any atom is -0.480 e. The third-order valence-corrected chi connectivity index (χ3v) is 3.82. The Balaban J connectivity index is 2.25. The van der Waals surface area contributed by atoms with Crippen molar-refractivity contribution in [1.29, 1.82) is 0 Å². The summed E-state index contributed by atoms with van der Waals surface area (Å²) in [6.45, 7) is 1.93. The largest absolute Gasteiger partial charge is 0.480 e. The van der Waals surface area contributed by atoms with E-state index in [2.05, 4.69) is 0 Å². The van der Waals surface area contributed by atoms with E-state index in [9.17, 15) is 19.1 Å². The van der Waals surface area contributed by atoms with Gasteiger partial charge in [-0.25, -0.2) is 14.0 Å². The predicted octanol–water partition coefficient (Wildman–Crippen LogP) is 2.32. The number of rotatable bonds is 2. The first-order chi connectivity index (χ1) is 9.36. The van der Waals surface area contributed by atoms with Gasteiger partial charge in [0.15, 0.2) is 0 Å². The number of carboxylic acid groups (broad SMARTS) is 1. The van der Waals surface area contributed by atoms with Crippen molar-refractivity contribution in [3.8, 4) is 0 Å². The number of carbonyl (C=O) groups excluding carboxylic acids is 1. The molecule has 2 rings (SSSR count). The van der Waals surface area contributed by atoms with Crippen LogP contribution in [0.25, 0.3) is 0 Å². The van der Waals surface area contributed by atoms with Gasteiger partial charge in [-0.3, -0.25) is 4.90 Å². The molecule has 1 unspecified atom stereocenters. The van der Waals surface area contributed by atoms with Gasteiger partial charge in [0.1, 0.15) is 11.4 Å². The van der Waals surface area contributed by atoms with Gasteiger partial charge in [0.2, 0.25) is 0 Å². The highest BCUT2D eigenvalue weighted by atomic mass is 19.1. The van der Waals surface area contributed by atoms with E-state index in [1.807, 2.05) is 0 Å². The van der Waals surface area contributed by atoms with Crippen LogP contribution in [0.1, 0.15) is 19.8 Å². The normalized spacial score (nSPS) is 21.9. The quantitative estimate of drug-likeness (QED) is 0.904. The Morgan fingerprint density at radius 2 is 2.15 bits per heavy atom. The number of anilines is 1. The summed E-state index contributed by atoms with van der Waals surface area (Å²) in [5.74, 6) is -1.46. The van der Waals surface area contributed by atoms with Crippen LogP contribution in [0.2, 0.25) is 0 Å². The van der Waals surface area contributed by atoms with Gasteiger partial charge in [-0.1, -0.05) is 6.07 Å². The number of halogens is 1. The molecule has 20 heavy (non-hydrogen) atoms. The molecule has 108 valence electrons. The van der Waals surface area contributed by atoms with Gasteiger partial charge < -0.3 is 10.0 Å². The molecule has 1 saturated heterocycles. The highest BCUT2D eigenvalue weighted by Gasteiger charge is 2.46. The molecule has 6 heteroatoms. The van der Waals surface area contributed by atoms with E-state index in [1.54, 1.807) is 13.0 Å². The van der Waals surface area contributed by atoms with Gasteiger partial charge >= 0.3 is 12.0 Å². The zero-order chi connectivity index (χ0) is 14.9. The van der Waals surface area contributed by atoms with Crippen molar-refractivity contribution in [3.05, 3.63) is 30.1 Å². The van der Waals surface area contributed by atoms with E-state index < -0.39 is 23.4 Å². The van der Waals surface area contributed by atoms with Crippen LogP contribution in [0.3, 0.4) is 0 Å². The van der Waals surface area contributed by atoms with Gasteiger partial charge in [-0.15, -0.1) is 0 Å². The van der Waals surface area contributed by atoms with Gasteiger partial charge in [-0.05, 0) is 38.0 Å². The summed E-state index contributed by atoms with van der Waals surface area (Å²) in [6.07, 6.45) is 1.07. The Kier molecular flexibility index (Phi) is 3.65. The van der Waals surface area contributed by atoms with Gasteiger partial charge in [0.25, 0.3) is 0 Å². The smallest absolute Gasteiger partial charge is 0.329 e. The molecule has 1 atom stereocenters. The van der Waals surface area contributed by atoms with Gasteiger partial charge in [0, 0.05) is 19.3 Å². The molecule has 1 aliphatic heterocycles. The Morgan fingerprint density at radius 3 is 2.75 bits per heavy atom. The van der Waals surface area contributed by atoms with Crippen LogP contribution in [0.4, 0.5) is 14.9 Å². The third-order valence-electron chi connectivity index (χ3n) is 3.82. The number of hydrogen-bond donors (Lipinski definition) is 1. The Hall–Kier alpha value is -2.11. The lowest BCUT2D eigenvalue weighted by atomic mass is 10.00. The second kappa shape index (κ2) is 5.11. The second-order valence-corrected chi connectivity index (χ2v) is 5.16. The maximum Gasteiger partial charge on any atom is 0.329 e. The standard InChI is InChI=1S/C14H17FN2O3/c1-14(12(18)19)7-4-8-17(14)13(20)16(2)11-6-3-5-10(15)9-11/h3,5-6,9H,4,7-8H2,1-2H3,(H,18,19). The van der Waals surface area contributed by atoms with Crippen molar-refractivity contribution in [2.45, 2.75) is 25.3 Å². The second-order valence-electron chi connectivity index (χ2n) is 5.16. The van der Waals surface area contributed by atoms with Crippen LogP contribution in [0.15, 0.2) is 24.3 Å². The Bertz CT molecular complexity index is 549. The summed E-state index contributed by atoms with van der Waals surface area (Å²) in [7, 11) is 1.51. The fourth-order valence-electron chi connectivity index (χ4n) is 2.47. The predicted molar refractivity (Wildman–Crippen MR) is 72.2 cm³/mol. The van der Waals surface area contributed by atoms with Crippen molar-refractivity contribution in [2.24, 2.45) is 0 Å². The molecule has 0 aliphatic carbocycles. The first kappa shape index (κ1) is 14.3. The molecule has 0 aromatic heterocycles. The number of carbonyl (C=O) groups is 2. The molecular formula is C14H17FN2O3. The highest BCUT2D eigenvalue weighted by Crippen LogP contribution is 2.31. The Labute approximate surface area is 116 Å². The lowest BCUT2D eigenvalue weighted by Gasteiger charge is -2.34. The number of carboxylic acids is 1. The average molecular weight is 280 g/mol. The molecule has 0 bridgehead atoms. The van der Waals surface area contributed by atoms with Crippen molar-refractivity contribution in [2.75, 3.05) is 18.5 Å². The fourth-order valence-corrected chi connectivity index (χ4v) is 2.47. The van der Waals surface area contributed by atoms with Crippen molar-refractivity contribution < 1.29 is 19.1 Å². The lowest BCUT2D eigenvalue weighted by molar-refractivity contribution is -0.147. The maximum absolute atomic E-state index is 13.2. The summed E-state index contributed by atoms with van der Waals surface area (Å²) in [6, 6.07) is 5.22. The summed E-state index contributed by atoms with van der Waals surface area (Å²) in [4.78, 5) is 26.4. The number of nitrogens with zero attached hydrogens (tertiary/aromatic N) is 2. The van der Waals surface area contributed by atoms with E-state index >= 15 is 0 Å². The summed E-state index contributed by atoms with van der Waals surface area (Å²) in [5.41, 5.74) is -0.798. The number of hydrogen-bond acceptors (Lipinski definition) is 2. The third kappa shape index (κ3) is 2.33. The number of benzene rings is 1. The van der Waals surface area contributed by atoms with E-state index in [0.717, 1.165) is 0 Å². The Morgan fingerprint density at radius 1 is 1.45 bits per heavy atom. The molecule has 0 spiro atoms. The molecule has 0 saturated carbocycles. The molecule has 0 radical (unpaired) electrons. The fraction of sp³-hybridized carbons (Fsp3) is 0.429. The van der Waals surface area contributed by atoms with Gasteiger partial charge in [0.05, 0.1) is 0 Å². The van der Waals surface area contributed by atoms with Crippen LogP contribution in [-0.2, 0) is 4.79 Å². The zero-order valence-corrected chi connectivity index (χ0v) is 11.5. The number of aliphatic carboxylic acids is 1. The monoisotopic (exact) mass is 280 g/mol. The van der Waals surface area contributed by atoms with Crippen molar-refractivity contribution >= 4 is 17.7 Å². The van der Waals surface area contributed by atoms with E-state index in [1.165, 1.54) is 35.0 Å². The summed E-state index contributed by atoms with van der Waals surface area (Å²) in [5, 5.41) is 9.32. The summed E-state index contributed by atoms with van der Waals surface area (Å²) < 4.78 is 13.2. The first-order valence-corrected chi connectivity index (χ1v) is 6.40. The van der Waals surface area contributed by atoms with Crippen LogP contribution < -0.4 is 4.90 Å². The molecule has 1 N–H and O–H groups in total. The molecule has 1 aromatic rings. The number of amides is 2. The molecule has 5 nitrogen and oxygen atoms in total. The lowest BCUT2D eigenvalue weighted by Crippen LogP contribution is -2.54. The molecule has 1 fully saturated rings. The van der Waals surface area contributed by atoms with Crippen molar-refractivity contribution in [3.63, 3.8) is 0 Å². The summed E-state index contributed by atoms with van der Waals surface area (Å²) >= 11 is 0. The topological polar surface area (TPSA) is 60.9 Å². The van der Waals surface area contributed by atoms with E-state index in [0.29, 0.717) is 25.1 Å². The van der Waals surface area contributed by atoms with E-state index in [4.69, 9.17) is 0 Å². The maximum atomic E-state index is 13.2. The van der Waals surface area contributed by atoms with Crippen LogP contribution in [0, 0.1) is 5.82 Å². The first-order valence-electron chi connectivity index (χ1n) is 6.40. The SMILES string of the molecule is CN(C(=O)N1CCCC1(C)C(=O)O)c1cccc(F)c1. The average Bonchev–Trinajstić information content (AvgIpc) is 2.80. The van der Waals surface area contributed by atoms with Gasteiger partial charge in [-0.2, -0.15) is 0 Å². The number of likely N-dealkylation sites (tertiary alicyclic amines) is 1. The molecule has 2 amide bonds. The van der Waals surface area contributed by atoms with Crippen LogP contribution in [0.5, 0.6) is 0 Å². The highest BCUT2D eigenvalue weighted by molar-refractivity contribution is 5.95. The van der Waals surface area contributed by atoms with Crippen molar-refractivity contribution in [1.82, 2.24) is 4.90 Å². The van der Waals surface area contributed by atoms with E-state index in [-0.39, 0.29) is 0 Å². The van der Waals surface area contributed by atoms with Crippen LogP contribution in [-0.4, -0.2) is 41.1 Å². The molecule has 1 aromatic carbocycles. The van der Waals surface area contributed by atoms with Crippen LogP contribution >= 0.6 is 0 Å². The minimum absolute atomic E-state index is 0.390. The molecular weight excluding hydrogens is 263 g/mol.